The summed E-state index contributed by atoms with van der Waals surface area (Å²) in [6.45, 7) is 0. The van der Waals surface area contributed by atoms with Gasteiger partial charge in [-0.05, 0) is 46.3 Å². The Kier molecular flexibility index (Phi) is 4.33. The first-order valence-corrected chi connectivity index (χ1v) is 6.58. The van der Waals surface area contributed by atoms with Crippen LogP contribution in [-0.2, 0) is 0 Å². The van der Waals surface area contributed by atoms with Crippen molar-refractivity contribution in [3.05, 3.63) is 52.3 Å². The smallest absolute Gasteiger partial charge is 0.274 e. The molecule has 20 heavy (non-hydrogen) atoms. The molecule has 1 aromatic heterocycles. The summed E-state index contributed by atoms with van der Waals surface area (Å²) in [6, 6.07) is 10.4. The molecular formula is C14H11BrN4O. The Balaban J connectivity index is 2.21. The van der Waals surface area contributed by atoms with Gasteiger partial charge in [-0.15, -0.1) is 0 Å². The monoisotopic (exact) mass is 330 g/mol. The number of halogens is 1. The van der Waals surface area contributed by atoms with Gasteiger partial charge in [0, 0.05) is 23.4 Å². The predicted molar refractivity (Wildman–Crippen MR) is 80.6 cm³/mol. The molecule has 2 rings (SSSR count). The van der Waals surface area contributed by atoms with Gasteiger partial charge in [0.1, 0.15) is 5.69 Å². The van der Waals surface area contributed by atoms with Crippen LogP contribution in [-0.4, -0.2) is 17.9 Å². The van der Waals surface area contributed by atoms with Gasteiger partial charge < -0.3 is 10.6 Å². The highest BCUT2D eigenvalue weighted by Gasteiger charge is 2.10. The molecule has 0 bridgehead atoms. The number of aromatic nitrogens is 1. The summed E-state index contributed by atoms with van der Waals surface area (Å²) in [4.78, 5) is 16.1. The van der Waals surface area contributed by atoms with Crippen molar-refractivity contribution in [2.24, 2.45) is 0 Å². The van der Waals surface area contributed by atoms with Crippen molar-refractivity contribution in [2.45, 2.75) is 0 Å². The van der Waals surface area contributed by atoms with Crippen LogP contribution in [0.25, 0.3) is 0 Å². The van der Waals surface area contributed by atoms with Gasteiger partial charge in [-0.25, -0.2) is 0 Å². The minimum Gasteiger partial charge on any atom is -0.388 e. The maximum Gasteiger partial charge on any atom is 0.274 e. The summed E-state index contributed by atoms with van der Waals surface area (Å²) >= 11 is 3.32. The summed E-state index contributed by atoms with van der Waals surface area (Å²) in [5.74, 6) is -0.312. The molecule has 1 amide bonds. The largest absolute Gasteiger partial charge is 0.388 e. The molecule has 1 aromatic carbocycles. The summed E-state index contributed by atoms with van der Waals surface area (Å²) < 4.78 is 0.648. The number of amides is 1. The number of nitriles is 1. The highest BCUT2D eigenvalue weighted by molar-refractivity contribution is 9.10. The molecule has 5 nitrogen and oxygen atoms in total. The second kappa shape index (κ2) is 6.17. The summed E-state index contributed by atoms with van der Waals surface area (Å²) in [7, 11) is 1.77. The van der Waals surface area contributed by atoms with Crippen molar-refractivity contribution >= 4 is 33.2 Å². The zero-order valence-corrected chi connectivity index (χ0v) is 12.2. The summed E-state index contributed by atoms with van der Waals surface area (Å²) in [5.41, 5.74) is 2.23. The van der Waals surface area contributed by atoms with E-state index < -0.39 is 0 Å². The van der Waals surface area contributed by atoms with E-state index in [1.54, 1.807) is 43.6 Å². The molecule has 0 fully saturated rings. The maximum atomic E-state index is 12.1. The van der Waals surface area contributed by atoms with Crippen molar-refractivity contribution in [2.75, 3.05) is 17.7 Å². The zero-order valence-electron chi connectivity index (χ0n) is 10.6. The number of nitrogens with zero attached hydrogens (tertiary/aromatic N) is 2. The van der Waals surface area contributed by atoms with Gasteiger partial charge in [0.15, 0.2) is 0 Å². The van der Waals surface area contributed by atoms with Gasteiger partial charge in [0.2, 0.25) is 0 Å². The number of carbonyl (C=O) groups excluding carboxylic acids is 1. The lowest BCUT2D eigenvalue weighted by Crippen LogP contribution is -2.14. The molecule has 0 unspecified atom stereocenters. The fraction of sp³-hybridized carbons (Fsp3) is 0.0714. The van der Waals surface area contributed by atoms with Gasteiger partial charge in [-0.2, -0.15) is 5.26 Å². The van der Waals surface area contributed by atoms with E-state index >= 15 is 0 Å². The topological polar surface area (TPSA) is 77.8 Å². The number of anilines is 2. The number of hydrogen-bond donors (Lipinski definition) is 2. The van der Waals surface area contributed by atoms with E-state index in [0.29, 0.717) is 21.4 Å². The second-order valence-corrected chi connectivity index (χ2v) is 4.79. The Morgan fingerprint density at radius 1 is 1.35 bits per heavy atom. The van der Waals surface area contributed by atoms with Crippen LogP contribution in [0, 0.1) is 11.3 Å². The molecule has 0 atom stereocenters. The Morgan fingerprint density at radius 3 is 2.80 bits per heavy atom. The molecule has 2 N–H and O–H groups in total. The van der Waals surface area contributed by atoms with Crippen LogP contribution in [0.4, 0.5) is 11.4 Å². The zero-order chi connectivity index (χ0) is 14.5. The Bertz CT molecular complexity index is 694. The van der Waals surface area contributed by atoms with Gasteiger partial charge in [0.05, 0.1) is 17.3 Å². The lowest BCUT2D eigenvalue weighted by atomic mass is 10.2. The third-order valence-corrected chi connectivity index (χ3v) is 3.28. The van der Waals surface area contributed by atoms with Crippen molar-refractivity contribution in [1.29, 1.82) is 5.26 Å². The molecule has 0 aliphatic rings. The SMILES string of the molecule is CNc1ccnc(C(=O)Nc2ccc(C#N)cc2Br)c1. The number of rotatable bonds is 3. The van der Waals surface area contributed by atoms with Crippen molar-refractivity contribution < 1.29 is 4.79 Å². The van der Waals surface area contributed by atoms with E-state index in [1.165, 1.54) is 0 Å². The van der Waals surface area contributed by atoms with Crippen LogP contribution in [0.5, 0.6) is 0 Å². The molecule has 0 aliphatic carbocycles. The fourth-order valence-electron chi connectivity index (χ4n) is 1.58. The van der Waals surface area contributed by atoms with Crippen molar-refractivity contribution in [3.8, 4) is 6.07 Å². The molecule has 2 aromatic rings. The Labute approximate surface area is 124 Å². The van der Waals surface area contributed by atoms with Gasteiger partial charge in [-0.3, -0.25) is 9.78 Å². The molecule has 0 aliphatic heterocycles. The number of pyridine rings is 1. The van der Waals surface area contributed by atoms with Crippen LogP contribution < -0.4 is 10.6 Å². The van der Waals surface area contributed by atoms with Crippen molar-refractivity contribution in [1.82, 2.24) is 4.98 Å². The van der Waals surface area contributed by atoms with Gasteiger partial charge in [0.25, 0.3) is 5.91 Å². The molecular weight excluding hydrogens is 320 g/mol. The maximum absolute atomic E-state index is 12.1. The average molecular weight is 331 g/mol. The van der Waals surface area contributed by atoms with Crippen molar-refractivity contribution in [3.63, 3.8) is 0 Å². The molecule has 0 radical (unpaired) electrons. The minimum absolute atomic E-state index is 0.312. The highest BCUT2D eigenvalue weighted by Crippen LogP contribution is 2.24. The van der Waals surface area contributed by atoms with E-state index in [9.17, 15) is 4.79 Å². The van der Waals surface area contributed by atoms with Crippen LogP contribution in [0.15, 0.2) is 41.0 Å². The molecule has 0 spiro atoms. The average Bonchev–Trinajstić information content (AvgIpc) is 2.49. The molecule has 0 saturated heterocycles. The van der Waals surface area contributed by atoms with E-state index in [4.69, 9.17) is 5.26 Å². The lowest BCUT2D eigenvalue weighted by molar-refractivity contribution is 0.102. The summed E-state index contributed by atoms with van der Waals surface area (Å²) in [5, 5.41) is 14.5. The summed E-state index contributed by atoms with van der Waals surface area (Å²) in [6.07, 6.45) is 1.56. The third-order valence-electron chi connectivity index (χ3n) is 2.63. The van der Waals surface area contributed by atoms with E-state index in [0.717, 1.165) is 5.69 Å². The minimum atomic E-state index is -0.312. The van der Waals surface area contributed by atoms with E-state index in [1.807, 2.05) is 6.07 Å². The van der Waals surface area contributed by atoms with Gasteiger partial charge in [-0.1, -0.05) is 0 Å². The number of hydrogen-bond acceptors (Lipinski definition) is 4. The van der Waals surface area contributed by atoms with Crippen LogP contribution >= 0.6 is 15.9 Å². The van der Waals surface area contributed by atoms with E-state index in [2.05, 4.69) is 31.5 Å². The normalized spacial score (nSPS) is 9.65. The first-order chi connectivity index (χ1) is 9.63. The quantitative estimate of drug-likeness (QED) is 0.906. The van der Waals surface area contributed by atoms with Gasteiger partial charge >= 0.3 is 0 Å². The highest BCUT2D eigenvalue weighted by atomic mass is 79.9. The van der Waals surface area contributed by atoms with Crippen LogP contribution in [0.1, 0.15) is 16.1 Å². The first kappa shape index (κ1) is 14.0. The number of carbonyl (C=O) groups is 1. The second-order valence-electron chi connectivity index (χ2n) is 3.94. The third kappa shape index (κ3) is 3.13. The Hall–Kier alpha value is -2.39. The number of benzene rings is 1. The standard InChI is InChI=1S/C14H11BrN4O/c1-17-10-4-5-18-13(7-10)14(20)19-12-3-2-9(8-16)6-11(12)15/h2-7H,1H3,(H,17,18)(H,19,20). The first-order valence-electron chi connectivity index (χ1n) is 5.79. The van der Waals surface area contributed by atoms with E-state index in [-0.39, 0.29) is 5.91 Å². The lowest BCUT2D eigenvalue weighted by Gasteiger charge is -2.08. The molecule has 6 heteroatoms. The number of nitrogens with one attached hydrogen (secondary N) is 2. The molecule has 1 heterocycles. The Morgan fingerprint density at radius 2 is 2.15 bits per heavy atom. The molecule has 100 valence electrons. The van der Waals surface area contributed by atoms with Crippen LogP contribution in [0.3, 0.4) is 0 Å². The van der Waals surface area contributed by atoms with Crippen LogP contribution in [0.2, 0.25) is 0 Å². The predicted octanol–water partition coefficient (Wildman–Crippen LogP) is 3.01. The fourth-order valence-corrected chi connectivity index (χ4v) is 2.06. The molecule has 0 saturated carbocycles.